The molecule has 1 aliphatic heterocycles. The van der Waals surface area contributed by atoms with E-state index >= 15 is 0 Å². The van der Waals surface area contributed by atoms with Crippen LogP contribution in [0.3, 0.4) is 0 Å². The van der Waals surface area contributed by atoms with E-state index in [1.54, 1.807) is 60.7 Å². The van der Waals surface area contributed by atoms with E-state index in [2.05, 4.69) is 0 Å². The largest absolute Gasteiger partial charge is 0.265 e. The van der Waals surface area contributed by atoms with E-state index in [0.717, 1.165) is 11.1 Å². The molecule has 0 fully saturated rings. The summed E-state index contributed by atoms with van der Waals surface area (Å²) in [4.78, 5) is 0.378. The minimum Gasteiger partial charge on any atom is -0.258 e. The van der Waals surface area contributed by atoms with Crippen LogP contribution in [-0.2, 0) is 20.0 Å². The topological polar surface area (TPSA) is 74.8 Å². The Balaban J connectivity index is 1.76. The Morgan fingerprint density at radius 1 is 0.714 bits per heavy atom. The second kappa shape index (κ2) is 8.53. The van der Waals surface area contributed by atoms with Crippen LogP contribution in [0.15, 0.2) is 88.7 Å². The molecule has 1 aliphatic carbocycles. The first-order valence-corrected chi connectivity index (χ1v) is 14.5. The van der Waals surface area contributed by atoms with Gasteiger partial charge >= 0.3 is 0 Å². The van der Waals surface area contributed by atoms with Crippen molar-refractivity contribution < 1.29 is 16.8 Å². The van der Waals surface area contributed by atoms with Gasteiger partial charge in [0.2, 0.25) is 0 Å². The summed E-state index contributed by atoms with van der Waals surface area (Å²) in [5.41, 5.74) is 3.42. The summed E-state index contributed by atoms with van der Waals surface area (Å²) in [7, 11) is -7.90. The molecule has 2 atom stereocenters. The molecule has 182 valence electrons. The van der Waals surface area contributed by atoms with Crippen molar-refractivity contribution in [3.63, 3.8) is 0 Å². The van der Waals surface area contributed by atoms with Crippen molar-refractivity contribution in [2.45, 2.75) is 55.5 Å². The van der Waals surface area contributed by atoms with E-state index in [1.165, 1.54) is 8.61 Å². The lowest BCUT2D eigenvalue weighted by Gasteiger charge is -2.49. The normalized spacial score (nSPS) is 19.9. The van der Waals surface area contributed by atoms with Crippen LogP contribution in [-0.4, -0.2) is 28.9 Å². The molecule has 0 spiro atoms. The van der Waals surface area contributed by atoms with Gasteiger partial charge in [0.15, 0.2) is 0 Å². The van der Waals surface area contributed by atoms with E-state index in [1.807, 2.05) is 39.0 Å². The number of nitrogens with zero attached hydrogens (tertiary/aromatic N) is 2. The fourth-order valence-electron chi connectivity index (χ4n) is 4.96. The van der Waals surface area contributed by atoms with E-state index < -0.39 is 32.1 Å². The third-order valence-corrected chi connectivity index (χ3v) is 10.4. The highest BCUT2D eigenvalue weighted by atomic mass is 32.2. The molecule has 0 unspecified atom stereocenters. The fourth-order valence-corrected chi connectivity index (χ4v) is 8.38. The molecule has 1 heterocycles. The number of fused-ring (bicyclic) bond motifs is 2. The zero-order valence-electron chi connectivity index (χ0n) is 19.9. The minimum atomic E-state index is -3.96. The van der Waals surface area contributed by atoms with E-state index in [9.17, 15) is 16.8 Å². The summed E-state index contributed by atoms with van der Waals surface area (Å²) in [6.07, 6.45) is 4.96. The van der Waals surface area contributed by atoms with Gasteiger partial charge in [-0.25, -0.2) is 16.8 Å². The Bertz CT molecular complexity index is 1510. The molecule has 3 aromatic rings. The zero-order chi connectivity index (χ0) is 25.0. The van der Waals surface area contributed by atoms with Crippen molar-refractivity contribution in [1.29, 1.82) is 0 Å². The van der Waals surface area contributed by atoms with Gasteiger partial charge in [-0.05, 0) is 69.5 Å². The van der Waals surface area contributed by atoms with Crippen molar-refractivity contribution in [1.82, 2.24) is 0 Å². The number of rotatable bonds is 4. The summed E-state index contributed by atoms with van der Waals surface area (Å²) in [6, 6.07) is 17.6. The maximum Gasteiger partial charge on any atom is 0.265 e. The predicted octanol–water partition coefficient (Wildman–Crippen LogP) is 5.10. The van der Waals surface area contributed by atoms with Crippen molar-refractivity contribution in [3.8, 4) is 0 Å². The van der Waals surface area contributed by atoms with Gasteiger partial charge in [0.25, 0.3) is 20.0 Å². The van der Waals surface area contributed by atoms with Gasteiger partial charge in [0.1, 0.15) is 0 Å². The Labute approximate surface area is 207 Å². The minimum absolute atomic E-state index is 0.183. The van der Waals surface area contributed by atoms with Gasteiger partial charge in [0, 0.05) is 0 Å². The van der Waals surface area contributed by atoms with Crippen molar-refractivity contribution in [2.75, 3.05) is 8.61 Å². The molecular formula is C27H28N2O4S2. The molecule has 0 radical (unpaired) electrons. The summed E-state index contributed by atoms with van der Waals surface area (Å²) in [6.45, 7) is 5.64. The molecule has 35 heavy (non-hydrogen) atoms. The molecular weight excluding hydrogens is 480 g/mol. The van der Waals surface area contributed by atoms with Crippen LogP contribution >= 0.6 is 0 Å². The average molecular weight is 509 g/mol. The highest BCUT2D eigenvalue weighted by molar-refractivity contribution is 7.93. The first kappa shape index (κ1) is 23.6. The number of benzene rings is 3. The van der Waals surface area contributed by atoms with Crippen LogP contribution in [0.5, 0.6) is 0 Å². The van der Waals surface area contributed by atoms with Crippen LogP contribution < -0.4 is 8.61 Å². The highest BCUT2D eigenvalue weighted by Gasteiger charge is 2.49. The lowest BCUT2D eigenvalue weighted by atomic mass is 9.92. The molecule has 0 saturated heterocycles. The molecule has 2 aliphatic rings. The summed E-state index contributed by atoms with van der Waals surface area (Å²) < 4.78 is 59.1. The standard InChI is InChI=1S/C27H28N2O4S2/c1-19-11-15-22(16-12-19)34(30,31)28-24-8-4-5-9-25(24)29(27-21(3)7-6-10-26(27)28)35(32,33)23-17-13-20(2)14-18-23/h4,6-8,10-18,24-25H,5,9H2,1-3H3/t24-,25+/m0/s1. The fraction of sp³-hybridized carbons (Fsp3) is 0.259. The number of aryl methyl sites for hydroxylation is 3. The molecule has 3 aromatic carbocycles. The Hall–Kier alpha value is -3.10. The molecule has 0 N–H and O–H groups in total. The van der Waals surface area contributed by atoms with Gasteiger partial charge in [-0.1, -0.05) is 59.7 Å². The summed E-state index contributed by atoms with van der Waals surface area (Å²) in [5, 5.41) is 0. The van der Waals surface area contributed by atoms with Crippen LogP contribution in [0.2, 0.25) is 0 Å². The molecule has 0 saturated carbocycles. The van der Waals surface area contributed by atoms with Gasteiger partial charge in [-0.3, -0.25) is 8.61 Å². The Kier molecular flexibility index (Phi) is 5.76. The van der Waals surface area contributed by atoms with Crippen molar-refractivity contribution in [2.24, 2.45) is 0 Å². The predicted molar refractivity (Wildman–Crippen MR) is 139 cm³/mol. The van der Waals surface area contributed by atoms with E-state index in [4.69, 9.17) is 0 Å². The second-order valence-corrected chi connectivity index (χ2v) is 12.9. The highest BCUT2D eigenvalue weighted by Crippen LogP contribution is 2.48. The lowest BCUT2D eigenvalue weighted by Crippen LogP contribution is -2.59. The van der Waals surface area contributed by atoms with Crippen LogP contribution in [0.25, 0.3) is 0 Å². The van der Waals surface area contributed by atoms with Gasteiger partial charge in [-0.2, -0.15) is 0 Å². The van der Waals surface area contributed by atoms with Crippen LogP contribution in [0.1, 0.15) is 29.5 Å². The van der Waals surface area contributed by atoms with Crippen LogP contribution in [0, 0.1) is 20.8 Å². The van der Waals surface area contributed by atoms with Crippen molar-refractivity contribution >= 4 is 31.4 Å². The molecule has 6 nitrogen and oxygen atoms in total. The molecule has 8 heteroatoms. The number of anilines is 2. The number of para-hydroxylation sites is 1. The number of sulfonamides is 2. The third kappa shape index (κ3) is 3.85. The lowest BCUT2D eigenvalue weighted by molar-refractivity contribution is 0.499. The van der Waals surface area contributed by atoms with E-state index in [-0.39, 0.29) is 9.79 Å². The third-order valence-electron chi connectivity index (χ3n) is 6.76. The summed E-state index contributed by atoms with van der Waals surface area (Å²) >= 11 is 0. The average Bonchev–Trinajstić information content (AvgIpc) is 2.83. The smallest absolute Gasteiger partial charge is 0.258 e. The Morgan fingerprint density at radius 3 is 1.83 bits per heavy atom. The second-order valence-electron chi connectivity index (χ2n) is 9.23. The number of allylic oxidation sites excluding steroid dienone is 1. The van der Waals surface area contributed by atoms with Gasteiger partial charge in [-0.15, -0.1) is 0 Å². The zero-order valence-corrected chi connectivity index (χ0v) is 21.6. The SMILES string of the molecule is Cc1ccc(S(=O)(=O)N2c3c(C)cccc3N(S(=O)(=O)c3ccc(C)cc3)[C@H]3C=CCC[C@H]32)cc1. The molecule has 0 amide bonds. The van der Waals surface area contributed by atoms with E-state index in [0.29, 0.717) is 29.8 Å². The first-order chi connectivity index (χ1) is 16.6. The molecule has 0 bridgehead atoms. The number of hydrogen-bond donors (Lipinski definition) is 0. The molecule has 5 rings (SSSR count). The van der Waals surface area contributed by atoms with Gasteiger partial charge in [0.05, 0.1) is 33.2 Å². The number of hydrogen-bond acceptors (Lipinski definition) is 4. The Morgan fingerprint density at radius 2 is 1.26 bits per heavy atom. The maximum atomic E-state index is 14.1. The maximum absolute atomic E-state index is 14.1. The van der Waals surface area contributed by atoms with Gasteiger partial charge < -0.3 is 0 Å². The monoisotopic (exact) mass is 508 g/mol. The molecule has 0 aromatic heterocycles. The quantitative estimate of drug-likeness (QED) is 0.460. The van der Waals surface area contributed by atoms with Crippen LogP contribution in [0.4, 0.5) is 11.4 Å². The first-order valence-electron chi connectivity index (χ1n) is 11.6. The van der Waals surface area contributed by atoms with Crippen molar-refractivity contribution in [3.05, 3.63) is 95.6 Å². The summed E-state index contributed by atoms with van der Waals surface area (Å²) in [5.74, 6) is 0.